The number of nitrogens with zero attached hydrogens (tertiary/aromatic N) is 1. The standard InChI is InChI=1S/C14H19N3O3/c1-10-9-12(17(19)20)7-8-13(10)16-14(18)15-11-5-3-2-4-6-11/h7-9,11H,2-6H2,1H3,(H2,15,16,18). The lowest BCUT2D eigenvalue weighted by Crippen LogP contribution is -2.39. The van der Waals surface area contributed by atoms with Crippen molar-refractivity contribution in [1.29, 1.82) is 0 Å². The number of carbonyl (C=O) groups is 1. The van der Waals surface area contributed by atoms with Gasteiger partial charge in [0.15, 0.2) is 0 Å². The molecule has 0 unspecified atom stereocenters. The molecular formula is C14H19N3O3. The molecule has 0 saturated heterocycles. The Kier molecular flexibility index (Phi) is 4.55. The third-order valence-corrected chi connectivity index (χ3v) is 3.61. The van der Waals surface area contributed by atoms with Crippen LogP contribution >= 0.6 is 0 Å². The number of amides is 2. The van der Waals surface area contributed by atoms with E-state index < -0.39 is 4.92 Å². The largest absolute Gasteiger partial charge is 0.335 e. The van der Waals surface area contributed by atoms with Gasteiger partial charge in [0.1, 0.15) is 0 Å². The molecule has 1 saturated carbocycles. The van der Waals surface area contributed by atoms with Gasteiger partial charge in [-0.1, -0.05) is 19.3 Å². The third-order valence-electron chi connectivity index (χ3n) is 3.61. The zero-order valence-electron chi connectivity index (χ0n) is 11.5. The van der Waals surface area contributed by atoms with Crippen LogP contribution < -0.4 is 10.6 Å². The number of urea groups is 1. The van der Waals surface area contributed by atoms with Gasteiger partial charge >= 0.3 is 6.03 Å². The van der Waals surface area contributed by atoms with Gasteiger partial charge in [0.2, 0.25) is 0 Å². The molecule has 1 aliphatic rings. The van der Waals surface area contributed by atoms with Crippen molar-refractivity contribution in [2.24, 2.45) is 0 Å². The van der Waals surface area contributed by atoms with E-state index in [1.165, 1.54) is 18.6 Å². The minimum atomic E-state index is -0.446. The summed E-state index contributed by atoms with van der Waals surface area (Å²) in [5, 5.41) is 16.4. The number of nitro groups is 1. The number of carbonyl (C=O) groups excluding carboxylic acids is 1. The maximum atomic E-state index is 11.9. The molecular weight excluding hydrogens is 258 g/mol. The predicted octanol–water partition coefficient (Wildman–Crippen LogP) is 3.36. The first-order valence-electron chi connectivity index (χ1n) is 6.89. The van der Waals surface area contributed by atoms with Gasteiger partial charge in [0.25, 0.3) is 5.69 Å². The van der Waals surface area contributed by atoms with Crippen molar-refractivity contribution in [3.8, 4) is 0 Å². The van der Waals surface area contributed by atoms with Crippen molar-refractivity contribution in [3.05, 3.63) is 33.9 Å². The molecule has 2 rings (SSSR count). The number of hydrogen-bond donors (Lipinski definition) is 2. The number of anilines is 1. The molecule has 1 aromatic carbocycles. The summed E-state index contributed by atoms with van der Waals surface area (Å²) in [6.45, 7) is 1.74. The molecule has 0 radical (unpaired) electrons. The highest BCUT2D eigenvalue weighted by atomic mass is 16.6. The quantitative estimate of drug-likeness (QED) is 0.656. The van der Waals surface area contributed by atoms with Gasteiger partial charge in [-0.2, -0.15) is 0 Å². The summed E-state index contributed by atoms with van der Waals surface area (Å²) in [7, 11) is 0. The second-order valence-corrected chi connectivity index (χ2v) is 5.19. The average Bonchev–Trinajstić information content (AvgIpc) is 2.42. The van der Waals surface area contributed by atoms with Crippen LogP contribution in [-0.4, -0.2) is 17.0 Å². The third kappa shape index (κ3) is 3.69. The average molecular weight is 277 g/mol. The van der Waals surface area contributed by atoms with E-state index in [0.717, 1.165) is 25.7 Å². The molecule has 1 aliphatic carbocycles. The highest BCUT2D eigenvalue weighted by Gasteiger charge is 2.16. The fourth-order valence-electron chi connectivity index (χ4n) is 2.49. The van der Waals surface area contributed by atoms with E-state index in [1.807, 2.05) is 0 Å². The van der Waals surface area contributed by atoms with Crippen LogP contribution in [0.4, 0.5) is 16.2 Å². The summed E-state index contributed by atoms with van der Waals surface area (Å²) < 4.78 is 0. The van der Waals surface area contributed by atoms with E-state index in [0.29, 0.717) is 11.3 Å². The van der Waals surface area contributed by atoms with E-state index in [9.17, 15) is 14.9 Å². The van der Waals surface area contributed by atoms with Crippen molar-refractivity contribution >= 4 is 17.4 Å². The van der Waals surface area contributed by atoms with Crippen LogP contribution in [0.2, 0.25) is 0 Å². The van der Waals surface area contributed by atoms with E-state index in [4.69, 9.17) is 0 Å². The first kappa shape index (κ1) is 14.3. The summed E-state index contributed by atoms with van der Waals surface area (Å²) >= 11 is 0. The maximum absolute atomic E-state index is 11.9. The summed E-state index contributed by atoms with van der Waals surface area (Å²) in [6.07, 6.45) is 5.59. The summed E-state index contributed by atoms with van der Waals surface area (Å²) in [5.74, 6) is 0. The number of benzene rings is 1. The molecule has 0 aliphatic heterocycles. The first-order chi connectivity index (χ1) is 9.56. The highest BCUT2D eigenvalue weighted by Crippen LogP contribution is 2.21. The SMILES string of the molecule is Cc1cc([N+](=O)[O-])ccc1NC(=O)NC1CCCCC1. The molecule has 1 fully saturated rings. The number of rotatable bonds is 3. The van der Waals surface area contributed by atoms with Crippen LogP contribution in [0.15, 0.2) is 18.2 Å². The number of non-ortho nitro benzene ring substituents is 1. The lowest BCUT2D eigenvalue weighted by molar-refractivity contribution is -0.384. The number of hydrogen-bond acceptors (Lipinski definition) is 3. The number of nitrogens with one attached hydrogen (secondary N) is 2. The van der Waals surface area contributed by atoms with Crippen molar-refractivity contribution < 1.29 is 9.72 Å². The van der Waals surface area contributed by atoms with Gasteiger partial charge in [-0.3, -0.25) is 10.1 Å². The molecule has 0 aromatic heterocycles. The smallest absolute Gasteiger partial charge is 0.319 e. The lowest BCUT2D eigenvalue weighted by atomic mass is 9.96. The second-order valence-electron chi connectivity index (χ2n) is 5.19. The summed E-state index contributed by atoms with van der Waals surface area (Å²) in [4.78, 5) is 22.1. The van der Waals surface area contributed by atoms with Gasteiger partial charge in [-0.05, 0) is 31.4 Å². The molecule has 0 spiro atoms. The number of nitro benzene ring substituents is 1. The van der Waals surface area contributed by atoms with Gasteiger partial charge in [-0.25, -0.2) is 4.79 Å². The van der Waals surface area contributed by atoms with Crippen LogP contribution in [-0.2, 0) is 0 Å². The molecule has 1 aromatic rings. The Labute approximate surface area is 117 Å². The first-order valence-corrected chi connectivity index (χ1v) is 6.89. The van der Waals surface area contributed by atoms with Crippen LogP contribution in [0.1, 0.15) is 37.7 Å². The molecule has 2 N–H and O–H groups in total. The fraction of sp³-hybridized carbons (Fsp3) is 0.500. The van der Waals surface area contributed by atoms with Crippen LogP contribution in [0, 0.1) is 17.0 Å². The Morgan fingerprint density at radius 1 is 1.30 bits per heavy atom. The van der Waals surface area contributed by atoms with Gasteiger partial charge in [-0.15, -0.1) is 0 Å². The van der Waals surface area contributed by atoms with Crippen LogP contribution in [0.3, 0.4) is 0 Å². The lowest BCUT2D eigenvalue weighted by Gasteiger charge is -2.23. The van der Waals surface area contributed by atoms with E-state index >= 15 is 0 Å². The van der Waals surface area contributed by atoms with Crippen molar-refractivity contribution in [2.75, 3.05) is 5.32 Å². The molecule has 0 bridgehead atoms. The molecule has 0 atom stereocenters. The van der Waals surface area contributed by atoms with Crippen LogP contribution in [0.25, 0.3) is 0 Å². The normalized spacial score (nSPS) is 15.7. The van der Waals surface area contributed by atoms with E-state index in [-0.39, 0.29) is 17.8 Å². The van der Waals surface area contributed by atoms with Crippen molar-refractivity contribution in [2.45, 2.75) is 45.1 Å². The summed E-state index contributed by atoms with van der Waals surface area (Å²) in [6, 6.07) is 4.41. The Bertz CT molecular complexity index is 510. The molecule has 0 heterocycles. The second kappa shape index (κ2) is 6.36. The summed E-state index contributed by atoms with van der Waals surface area (Å²) in [5.41, 5.74) is 1.31. The Balaban J connectivity index is 1.95. The minimum absolute atomic E-state index is 0.0285. The van der Waals surface area contributed by atoms with Gasteiger partial charge in [0.05, 0.1) is 4.92 Å². The highest BCUT2D eigenvalue weighted by molar-refractivity contribution is 5.90. The number of aryl methyl sites for hydroxylation is 1. The Morgan fingerprint density at radius 3 is 2.60 bits per heavy atom. The van der Waals surface area contributed by atoms with Gasteiger partial charge < -0.3 is 10.6 Å². The molecule has 108 valence electrons. The van der Waals surface area contributed by atoms with Crippen LogP contribution in [0.5, 0.6) is 0 Å². The monoisotopic (exact) mass is 277 g/mol. The molecule has 20 heavy (non-hydrogen) atoms. The predicted molar refractivity (Wildman–Crippen MR) is 76.9 cm³/mol. The fourth-order valence-corrected chi connectivity index (χ4v) is 2.49. The minimum Gasteiger partial charge on any atom is -0.335 e. The Hall–Kier alpha value is -2.11. The molecule has 6 nitrogen and oxygen atoms in total. The van der Waals surface area contributed by atoms with Gasteiger partial charge in [0, 0.05) is 23.9 Å². The maximum Gasteiger partial charge on any atom is 0.319 e. The zero-order valence-corrected chi connectivity index (χ0v) is 11.5. The molecule has 6 heteroatoms. The van der Waals surface area contributed by atoms with Crippen molar-refractivity contribution in [3.63, 3.8) is 0 Å². The van der Waals surface area contributed by atoms with E-state index in [1.54, 1.807) is 13.0 Å². The van der Waals surface area contributed by atoms with E-state index in [2.05, 4.69) is 10.6 Å². The zero-order chi connectivity index (χ0) is 14.5. The van der Waals surface area contributed by atoms with Crippen molar-refractivity contribution in [1.82, 2.24) is 5.32 Å². The Morgan fingerprint density at radius 2 is 2.00 bits per heavy atom. The topological polar surface area (TPSA) is 84.3 Å². The molecule has 2 amide bonds.